The second-order valence-electron chi connectivity index (χ2n) is 7.59. The maximum absolute atomic E-state index is 12.7. The van der Waals surface area contributed by atoms with E-state index in [4.69, 9.17) is 4.74 Å². The van der Waals surface area contributed by atoms with E-state index in [2.05, 4.69) is 10.0 Å². The lowest BCUT2D eigenvalue weighted by molar-refractivity contribution is 0.102. The number of carbonyl (C=O) groups is 2. The molecular formula is C24H22N2O5S. The van der Waals surface area contributed by atoms with Gasteiger partial charge in [-0.3, -0.25) is 9.59 Å². The van der Waals surface area contributed by atoms with Crippen LogP contribution in [0, 0.1) is 0 Å². The van der Waals surface area contributed by atoms with Crippen molar-refractivity contribution < 1.29 is 22.7 Å². The summed E-state index contributed by atoms with van der Waals surface area (Å²) < 4.78 is 32.3. The van der Waals surface area contributed by atoms with E-state index in [9.17, 15) is 18.0 Å². The Labute approximate surface area is 186 Å². The Morgan fingerprint density at radius 1 is 0.938 bits per heavy atom. The van der Waals surface area contributed by atoms with Crippen molar-refractivity contribution >= 4 is 27.4 Å². The van der Waals surface area contributed by atoms with Crippen molar-refractivity contribution in [3.8, 4) is 11.1 Å². The van der Waals surface area contributed by atoms with E-state index in [1.54, 1.807) is 31.2 Å². The van der Waals surface area contributed by atoms with Gasteiger partial charge in [-0.1, -0.05) is 30.3 Å². The first-order valence-electron chi connectivity index (χ1n) is 10.0. The molecule has 0 aliphatic heterocycles. The molecule has 0 unspecified atom stereocenters. The highest BCUT2D eigenvalue weighted by Crippen LogP contribution is 2.36. The predicted octanol–water partition coefficient (Wildman–Crippen LogP) is 3.46. The van der Waals surface area contributed by atoms with Gasteiger partial charge in [0.05, 0.1) is 11.5 Å². The number of ether oxygens (including phenoxy) is 1. The molecule has 1 amide bonds. The summed E-state index contributed by atoms with van der Waals surface area (Å²) in [6, 6.07) is 17.9. The quantitative estimate of drug-likeness (QED) is 0.449. The molecule has 0 radical (unpaired) electrons. The third-order valence-corrected chi connectivity index (χ3v) is 6.79. The topological polar surface area (TPSA) is 102 Å². The zero-order valence-electron chi connectivity index (χ0n) is 17.6. The van der Waals surface area contributed by atoms with Crippen LogP contribution < -0.4 is 10.0 Å². The molecule has 32 heavy (non-hydrogen) atoms. The maximum Gasteiger partial charge on any atom is 0.255 e. The number of hydrogen-bond acceptors (Lipinski definition) is 5. The molecule has 2 N–H and O–H groups in total. The molecule has 164 valence electrons. The number of anilines is 1. The standard InChI is InChI=1S/C24H22N2O5S/c1-15(14-31-2)26-32(29,30)18-10-8-17(9-11-18)25-24(28)16-7-12-20-19-5-3-4-6-21(19)23(27)22(20)13-16/h3-13,15,26H,14H2,1-2H3,(H,25,28)/t15-/m1/s1. The van der Waals surface area contributed by atoms with E-state index >= 15 is 0 Å². The highest BCUT2D eigenvalue weighted by Gasteiger charge is 2.27. The average Bonchev–Trinajstić information content (AvgIpc) is 3.06. The molecule has 7 nitrogen and oxygen atoms in total. The molecule has 0 saturated carbocycles. The molecule has 3 aromatic rings. The monoisotopic (exact) mass is 450 g/mol. The average molecular weight is 451 g/mol. The van der Waals surface area contributed by atoms with Crippen LogP contribution in [0.3, 0.4) is 0 Å². The number of amides is 1. The van der Waals surface area contributed by atoms with Crippen LogP contribution in [-0.2, 0) is 14.8 Å². The van der Waals surface area contributed by atoms with Gasteiger partial charge in [-0.25, -0.2) is 13.1 Å². The Balaban J connectivity index is 1.49. The minimum atomic E-state index is -3.70. The first-order chi connectivity index (χ1) is 15.3. The highest BCUT2D eigenvalue weighted by atomic mass is 32.2. The Morgan fingerprint density at radius 3 is 2.28 bits per heavy atom. The normalized spacial score (nSPS) is 13.4. The fourth-order valence-electron chi connectivity index (χ4n) is 3.71. The summed E-state index contributed by atoms with van der Waals surface area (Å²) in [4.78, 5) is 25.5. The Hall–Kier alpha value is -3.33. The molecular weight excluding hydrogens is 428 g/mol. The molecule has 0 bridgehead atoms. The fraction of sp³-hybridized carbons (Fsp3) is 0.167. The van der Waals surface area contributed by atoms with Crippen LogP contribution in [-0.4, -0.2) is 39.9 Å². The van der Waals surface area contributed by atoms with Gasteiger partial charge in [-0.2, -0.15) is 0 Å². The first kappa shape index (κ1) is 21.9. The molecule has 0 saturated heterocycles. The highest BCUT2D eigenvalue weighted by molar-refractivity contribution is 7.89. The zero-order valence-corrected chi connectivity index (χ0v) is 18.4. The second-order valence-corrected chi connectivity index (χ2v) is 9.31. The smallest absolute Gasteiger partial charge is 0.255 e. The molecule has 1 atom stereocenters. The summed E-state index contributed by atoms with van der Waals surface area (Å²) in [6.45, 7) is 1.96. The minimum absolute atomic E-state index is 0.0827. The minimum Gasteiger partial charge on any atom is -0.383 e. The van der Waals surface area contributed by atoms with E-state index < -0.39 is 10.0 Å². The fourth-order valence-corrected chi connectivity index (χ4v) is 4.94. The van der Waals surface area contributed by atoms with Gasteiger partial charge in [0, 0.05) is 35.5 Å². The van der Waals surface area contributed by atoms with Gasteiger partial charge in [0.2, 0.25) is 10.0 Å². The summed E-state index contributed by atoms with van der Waals surface area (Å²) in [5.74, 6) is -0.492. The van der Waals surface area contributed by atoms with Crippen LogP contribution in [0.1, 0.15) is 33.2 Å². The number of rotatable bonds is 7. The number of nitrogens with one attached hydrogen (secondary N) is 2. The molecule has 0 fully saturated rings. The van der Waals surface area contributed by atoms with Gasteiger partial charge >= 0.3 is 0 Å². The van der Waals surface area contributed by atoms with Gasteiger partial charge in [0.25, 0.3) is 5.91 Å². The van der Waals surface area contributed by atoms with Crippen molar-refractivity contribution in [3.05, 3.63) is 83.4 Å². The SMILES string of the molecule is COC[C@@H](C)NS(=O)(=O)c1ccc(NC(=O)c2ccc3c(c2)C(=O)c2ccccc2-3)cc1. The number of hydrogen-bond donors (Lipinski definition) is 2. The molecule has 0 spiro atoms. The summed E-state index contributed by atoms with van der Waals surface area (Å²) in [6.07, 6.45) is 0. The summed E-state index contributed by atoms with van der Waals surface area (Å²) in [7, 11) is -2.20. The van der Waals surface area contributed by atoms with Crippen molar-refractivity contribution in [2.24, 2.45) is 0 Å². The van der Waals surface area contributed by atoms with Crippen molar-refractivity contribution in [2.45, 2.75) is 17.9 Å². The lowest BCUT2D eigenvalue weighted by Gasteiger charge is -2.13. The number of fused-ring (bicyclic) bond motifs is 3. The van der Waals surface area contributed by atoms with Gasteiger partial charge in [-0.05, 0) is 54.4 Å². The van der Waals surface area contributed by atoms with Crippen LogP contribution in [0.4, 0.5) is 5.69 Å². The zero-order chi connectivity index (χ0) is 22.9. The van der Waals surface area contributed by atoms with E-state index in [1.165, 1.54) is 31.4 Å². The third kappa shape index (κ3) is 4.20. The second kappa shape index (κ2) is 8.66. The first-order valence-corrected chi connectivity index (χ1v) is 11.5. The molecule has 3 aromatic carbocycles. The number of ketones is 1. The number of benzene rings is 3. The Kier molecular flexibility index (Phi) is 5.92. The van der Waals surface area contributed by atoms with Gasteiger partial charge in [0.1, 0.15) is 0 Å². The Bertz CT molecular complexity index is 1300. The van der Waals surface area contributed by atoms with Crippen molar-refractivity contribution in [3.63, 3.8) is 0 Å². The largest absolute Gasteiger partial charge is 0.383 e. The van der Waals surface area contributed by atoms with Gasteiger partial charge in [0.15, 0.2) is 5.78 Å². The van der Waals surface area contributed by atoms with E-state index in [-0.39, 0.29) is 29.2 Å². The lowest BCUT2D eigenvalue weighted by atomic mass is 10.0. The van der Waals surface area contributed by atoms with Crippen LogP contribution in [0.25, 0.3) is 11.1 Å². The predicted molar refractivity (Wildman–Crippen MR) is 121 cm³/mol. The van der Waals surface area contributed by atoms with Crippen molar-refractivity contribution in [2.75, 3.05) is 19.0 Å². The number of carbonyl (C=O) groups excluding carboxylic acids is 2. The maximum atomic E-state index is 12.7. The molecule has 1 aliphatic carbocycles. The van der Waals surface area contributed by atoms with Crippen LogP contribution in [0.15, 0.2) is 71.6 Å². The van der Waals surface area contributed by atoms with E-state index in [1.807, 2.05) is 18.2 Å². The summed E-state index contributed by atoms with van der Waals surface area (Å²) in [5, 5.41) is 2.74. The van der Waals surface area contributed by atoms with Gasteiger partial charge < -0.3 is 10.1 Å². The van der Waals surface area contributed by atoms with E-state index in [0.29, 0.717) is 22.4 Å². The number of methoxy groups -OCH3 is 1. The molecule has 8 heteroatoms. The molecule has 1 aliphatic rings. The summed E-state index contributed by atoms with van der Waals surface area (Å²) >= 11 is 0. The van der Waals surface area contributed by atoms with Crippen molar-refractivity contribution in [1.82, 2.24) is 4.72 Å². The van der Waals surface area contributed by atoms with Crippen LogP contribution in [0.2, 0.25) is 0 Å². The Morgan fingerprint density at radius 2 is 1.59 bits per heavy atom. The lowest BCUT2D eigenvalue weighted by Crippen LogP contribution is -2.35. The summed E-state index contributed by atoms with van der Waals surface area (Å²) in [5.41, 5.74) is 3.59. The van der Waals surface area contributed by atoms with E-state index in [0.717, 1.165) is 11.1 Å². The van der Waals surface area contributed by atoms with Gasteiger partial charge in [-0.15, -0.1) is 0 Å². The molecule has 0 aromatic heterocycles. The molecule has 0 heterocycles. The third-order valence-electron chi connectivity index (χ3n) is 5.18. The van der Waals surface area contributed by atoms with Crippen LogP contribution >= 0.6 is 0 Å². The van der Waals surface area contributed by atoms with Crippen LogP contribution in [0.5, 0.6) is 0 Å². The molecule has 4 rings (SSSR count). The number of sulfonamides is 1. The van der Waals surface area contributed by atoms with Crippen molar-refractivity contribution in [1.29, 1.82) is 0 Å².